The van der Waals surface area contributed by atoms with Crippen molar-refractivity contribution in [2.75, 3.05) is 54.1 Å². The Morgan fingerprint density at radius 3 is 1.78 bits per heavy atom. The predicted octanol–water partition coefficient (Wildman–Crippen LogP) is 10.7. The van der Waals surface area contributed by atoms with Crippen molar-refractivity contribution < 1.29 is 51.6 Å². The second-order valence-corrected chi connectivity index (χ2v) is 18.1. The number of nitrogens with zero attached hydrogens (tertiary/aromatic N) is 1. The van der Waals surface area contributed by atoms with Crippen molar-refractivity contribution >= 4 is 19.8 Å². The maximum atomic E-state index is 12.7. The van der Waals surface area contributed by atoms with Crippen LogP contribution in [0.2, 0.25) is 0 Å². The molecular formula is C48H82NO10P. The maximum Gasteiger partial charge on any atom is 0.306 e. The Balaban J connectivity index is 2.37. The van der Waals surface area contributed by atoms with Gasteiger partial charge in [-0.2, -0.15) is 0 Å². The van der Waals surface area contributed by atoms with Gasteiger partial charge >= 0.3 is 11.9 Å². The van der Waals surface area contributed by atoms with Crippen molar-refractivity contribution in [2.24, 2.45) is 0 Å². The average Bonchev–Trinajstić information content (AvgIpc) is 3.46. The normalized spacial score (nSPS) is 13.9. The Labute approximate surface area is 363 Å². The standard InChI is InChI=1S/C48H82NO10P/c1-7-33-45-42(2)43(3)46(59-45)34-29-25-21-18-19-22-26-30-35-47(51)55-40-44(41-57-60(53,54)56-39-37-49(4,5)6)58-48(52)36-31-27-23-17-15-13-11-9-8-10-12-14-16-20-24-28-32-38-50/h8,10-11,13-14,16-17,23,44,50H,7,9,12,15,18-22,24-41H2,1-6H3/b10-8-,13-11-,16-14-,23-17-/t44-/m1/s1. The number of phosphoric ester groups is 1. The number of quaternary nitrogens is 1. The molecule has 0 fully saturated rings. The van der Waals surface area contributed by atoms with Crippen molar-refractivity contribution in [3.8, 4) is 0 Å². The molecule has 0 amide bonds. The number of aliphatic hydroxyl groups excluding tert-OH is 1. The topological polar surface area (TPSA) is 145 Å². The summed E-state index contributed by atoms with van der Waals surface area (Å²) in [5.41, 5.74) is 2.62. The lowest BCUT2D eigenvalue weighted by molar-refractivity contribution is -0.870. The molecule has 0 bridgehead atoms. The van der Waals surface area contributed by atoms with Crippen LogP contribution in [0, 0.1) is 13.8 Å². The molecule has 12 heteroatoms. The van der Waals surface area contributed by atoms with Crippen LogP contribution in [0.5, 0.6) is 0 Å². The van der Waals surface area contributed by atoms with E-state index in [1.54, 1.807) is 0 Å². The van der Waals surface area contributed by atoms with E-state index in [-0.39, 0.29) is 32.7 Å². The zero-order valence-electron chi connectivity index (χ0n) is 38.3. The van der Waals surface area contributed by atoms with Crippen LogP contribution in [0.4, 0.5) is 0 Å². The smallest absolute Gasteiger partial charge is 0.306 e. The lowest BCUT2D eigenvalue weighted by atomic mass is 10.0. The van der Waals surface area contributed by atoms with E-state index in [2.05, 4.69) is 63.3 Å². The minimum Gasteiger partial charge on any atom is -0.756 e. The highest BCUT2D eigenvalue weighted by molar-refractivity contribution is 7.45. The van der Waals surface area contributed by atoms with Crippen LogP contribution >= 0.6 is 7.82 Å². The number of rotatable bonds is 38. The van der Waals surface area contributed by atoms with Gasteiger partial charge in [-0.1, -0.05) is 100 Å². The quantitative estimate of drug-likeness (QED) is 0.0224. The molecule has 0 spiro atoms. The number of allylic oxidation sites excluding steroid dienone is 8. The number of aryl methyl sites for hydroxylation is 2. The Kier molecular flexibility index (Phi) is 32.0. The largest absolute Gasteiger partial charge is 0.756 e. The number of carbonyl (C=O) groups is 2. The summed E-state index contributed by atoms with van der Waals surface area (Å²) in [5.74, 6) is 1.35. The molecule has 11 nitrogen and oxygen atoms in total. The molecule has 0 radical (unpaired) electrons. The zero-order valence-corrected chi connectivity index (χ0v) is 39.2. The van der Waals surface area contributed by atoms with Crippen molar-refractivity contribution in [2.45, 2.75) is 168 Å². The van der Waals surface area contributed by atoms with E-state index in [1.807, 2.05) is 27.2 Å². The Hall–Kier alpha value is -2.79. The van der Waals surface area contributed by atoms with Gasteiger partial charge in [0.05, 0.1) is 27.7 Å². The van der Waals surface area contributed by atoms with Crippen molar-refractivity contribution in [3.05, 3.63) is 71.3 Å². The molecule has 1 unspecified atom stereocenters. The maximum absolute atomic E-state index is 12.7. The van der Waals surface area contributed by atoms with Crippen LogP contribution in [0.3, 0.4) is 0 Å². The molecule has 0 saturated carbocycles. The molecule has 344 valence electrons. The molecule has 1 aromatic heterocycles. The third-order valence-electron chi connectivity index (χ3n) is 10.1. The second kappa shape index (κ2) is 34.8. The highest BCUT2D eigenvalue weighted by atomic mass is 31.2. The molecule has 1 N–H and O–H groups in total. The van der Waals surface area contributed by atoms with E-state index in [4.69, 9.17) is 28.0 Å². The molecule has 0 aliphatic heterocycles. The summed E-state index contributed by atoms with van der Waals surface area (Å²) in [6, 6.07) is 0. The van der Waals surface area contributed by atoms with Crippen LogP contribution in [0.25, 0.3) is 0 Å². The van der Waals surface area contributed by atoms with Crippen LogP contribution in [0.15, 0.2) is 53.0 Å². The van der Waals surface area contributed by atoms with Gasteiger partial charge in [-0.15, -0.1) is 0 Å². The number of hydrogen-bond donors (Lipinski definition) is 1. The minimum atomic E-state index is -4.66. The highest BCUT2D eigenvalue weighted by Gasteiger charge is 2.22. The predicted molar refractivity (Wildman–Crippen MR) is 240 cm³/mol. The Bertz CT molecular complexity index is 1440. The van der Waals surface area contributed by atoms with Gasteiger partial charge in [-0.25, -0.2) is 0 Å². The average molecular weight is 864 g/mol. The van der Waals surface area contributed by atoms with Crippen molar-refractivity contribution in [1.82, 2.24) is 0 Å². The number of ether oxygens (including phenoxy) is 2. The molecule has 0 aromatic carbocycles. The van der Waals surface area contributed by atoms with E-state index in [1.165, 1.54) is 24.0 Å². The highest BCUT2D eigenvalue weighted by Crippen LogP contribution is 2.38. The van der Waals surface area contributed by atoms with Gasteiger partial charge in [0.2, 0.25) is 0 Å². The number of esters is 2. The first-order valence-corrected chi connectivity index (χ1v) is 24.3. The molecule has 2 atom stereocenters. The number of carbonyl (C=O) groups excluding carboxylic acids is 2. The fraction of sp³-hybridized carbons (Fsp3) is 0.708. The van der Waals surface area contributed by atoms with Crippen molar-refractivity contribution in [1.29, 1.82) is 0 Å². The van der Waals surface area contributed by atoms with E-state index < -0.39 is 32.5 Å². The number of phosphoric acid groups is 1. The zero-order chi connectivity index (χ0) is 44.3. The lowest BCUT2D eigenvalue weighted by Gasteiger charge is -2.28. The summed E-state index contributed by atoms with van der Waals surface area (Å²) in [4.78, 5) is 37.6. The third-order valence-corrected chi connectivity index (χ3v) is 11.0. The summed E-state index contributed by atoms with van der Waals surface area (Å²) < 4.78 is 40.0. The van der Waals surface area contributed by atoms with Gasteiger partial charge in [-0.3, -0.25) is 14.2 Å². The van der Waals surface area contributed by atoms with Crippen molar-refractivity contribution in [3.63, 3.8) is 0 Å². The first-order chi connectivity index (χ1) is 28.8. The van der Waals surface area contributed by atoms with Crippen LogP contribution < -0.4 is 4.89 Å². The van der Waals surface area contributed by atoms with Gasteiger partial charge < -0.3 is 37.4 Å². The molecule has 60 heavy (non-hydrogen) atoms. The number of aliphatic hydroxyl groups is 1. The van der Waals surface area contributed by atoms with Gasteiger partial charge in [0.15, 0.2) is 6.10 Å². The van der Waals surface area contributed by atoms with E-state index in [9.17, 15) is 19.0 Å². The monoisotopic (exact) mass is 864 g/mol. The number of likely N-dealkylation sites (N-methyl/N-ethyl adjacent to an activating group) is 1. The molecule has 0 aliphatic rings. The van der Waals surface area contributed by atoms with Crippen LogP contribution in [0.1, 0.15) is 158 Å². The fourth-order valence-corrected chi connectivity index (χ4v) is 6.99. The first-order valence-electron chi connectivity index (χ1n) is 22.8. The van der Waals surface area contributed by atoms with Gasteiger partial charge in [0.25, 0.3) is 7.82 Å². The summed E-state index contributed by atoms with van der Waals surface area (Å²) in [5, 5.41) is 8.81. The molecule has 0 aliphatic carbocycles. The number of unbranched alkanes of at least 4 members (excludes halogenated alkanes) is 11. The number of hydrogen-bond acceptors (Lipinski definition) is 10. The Morgan fingerprint density at radius 2 is 1.20 bits per heavy atom. The molecule has 1 aromatic rings. The summed E-state index contributed by atoms with van der Waals surface area (Å²) >= 11 is 0. The van der Waals surface area contributed by atoms with Gasteiger partial charge in [0, 0.05) is 32.3 Å². The SMILES string of the molecule is CCCc1oc(CCCCCCCCCCC(=O)OC[C@H](COP(=O)([O-])OCC[N+](C)(C)C)OC(=O)CCC/C=C\C/C=C\C/C=C\C/C=C\CCCCCO)c(C)c1C. The van der Waals surface area contributed by atoms with Crippen LogP contribution in [-0.4, -0.2) is 81.7 Å². The number of furan rings is 1. The Morgan fingerprint density at radius 1 is 0.683 bits per heavy atom. The molecule has 1 heterocycles. The third kappa shape index (κ3) is 31.1. The molecule has 1 rings (SSSR count). The fourth-order valence-electron chi connectivity index (χ4n) is 6.26. The van der Waals surface area contributed by atoms with E-state index in [0.29, 0.717) is 30.3 Å². The second-order valence-electron chi connectivity index (χ2n) is 16.7. The van der Waals surface area contributed by atoms with Crippen LogP contribution in [-0.2, 0) is 45.5 Å². The minimum absolute atomic E-state index is 0.0543. The summed E-state index contributed by atoms with van der Waals surface area (Å²) in [6.07, 6.45) is 35.8. The summed E-state index contributed by atoms with van der Waals surface area (Å²) in [7, 11) is 1.09. The first kappa shape index (κ1) is 55.2. The van der Waals surface area contributed by atoms with Gasteiger partial charge in [0.1, 0.15) is 31.3 Å². The molecular weight excluding hydrogens is 781 g/mol. The van der Waals surface area contributed by atoms with E-state index >= 15 is 0 Å². The lowest BCUT2D eigenvalue weighted by Crippen LogP contribution is -2.37. The summed E-state index contributed by atoms with van der Waals surface area (Å²) in [6.45, 7) is 6.37. The van der Waals surface area contributed by atoms with E-state index in [0.717, 1.165) is 108 Å². The molecule has 0 saturated heterocycles. The van der Waals surface area contributed by atoms with Gasteiger partial charge in [-0.05, 0) is 95.6 Å².